The van der Waals surface area contributed by atoms with Crippen LogP contribution >= 0.6 is 0 Å². The van der Waals surface area contributed by atoms with E-state index in [1.807, 2.05) is 35.0 Å². The second-order valence-corrected chi connectivity index (χ2v) is 7.03. The molecule has 4 rings (SSSR count). The number of fused-ring (bicyclic) bond motifs is 1. The topological polar surface area (TPSA) is 97.9 Å². The van der Waals surface area contributed by atoms with Gasteiger partial charge in [-0.15, -0.1) is 0 Å². The molecule has 0 fully saturated rings. The summed E-state index contributed by atoms with van der Waals surface area (Å²) in [7, 11) is 0. The molecule has 0 aliphatic carbocycles. The Morgan fingerprint density at radius 1 is 1.13 bits per heavy atom. The number of hydrogen-bond acceptors (Lipinski definition) is 6. The summed E-state index contributed by atoms with van der Waals surface area (Å²) in [5, 5.41) is 11.5. The van der Waals surface area contributed by atoms with Gasteiger partial charge in [-0.2, -0.15) is 5.10 Å². The van der Waals surface area contributed by atoms with Gasteiger partial charge in [-0.3, -0.25) is 4.79 Å². The lowest BCUT2D eigenvalue weighted by Crippen LogP contribution is -2.28. The van der Waals surface area contributed by atoms with Gasteiger partial charge in [-0.1, -0.05) is 32.0 Å². The van der Waals surface area contributed by atoms with Crippen LogP contribution in [0.15, 0.2) is 59.3 Å². The Kier molecular flexibility index (Phi) is 5.74. The summed E-state index contributed by atoms with van der Waals surface area (Å²) in [6, 6.07) is 13.2. The van der Waals surface area contributed by atoms with Gasteiger partial charge in [-0.25, -0.2) is 14.6 Å². The summed E-state index contributed by atoms with van der Waals surface area (Å²) in [6.07, 6.45) is 4.18. The van der Waals surface area contributed by atoms with Crippen LogP contribution in [0.4, 0.5) is 5.82 Å². The summed E-state index contributed by atoms with van der Waals surface area (Å²) in [5.74, 6) is 1.75. The van der Waals surface area contributed by atoms with Crippen molar-refractivity contribution in [3.8, 4) is 5.69 Å². The van der Waals surface area contributed by atoms with Crippen LogP contribution in [0, 0.1) is 0 Å². The Bertz CT molecular complexity index is 1120. The number of nitrogens with zero attached hydrogens (tertiary/aromatic N) is 4. The molecule has 1 atom stereocenters. The van der Waals surface area contributed by atoms with E-state index in [9.17, 15) is 4.79 Å². The number of anilines is 1. The van der Waals surface area contributed by atoms with Crippen molar-refractivity contribution in [3.63, 3.8) is 0 Å². The maximum Gasteiger partial charge on any atom is 0.287 e. The van der Waals surface area contributed by atoms with Gasteiger partial charge in [0.05, 0.1) is 23.5 Å². The smallest absolute Gasteiger partial charge is 0.287 e. The molecule has 154 valence electrons. The van der Waals surface area contributed by atoms with Crippen LogP contribution < -0.4 is 10.6 Å². The Labute approximate surface area is 174 Å². The summed E-state index contributed by atoms with van der Waals surface area (Å²) in [5.41, 5.74) is 1.70. The molecule has 30 heavy (non-hydrogen) atoms. The molecule has 8 nitrogen and oxygen atoms in total. The quantitative estimate of drug-likeness (QED) is 0.434. The predicted molar refractivity (Wildman–Crippen MR) is 115 cm³/mol. The van der Waals surface area contributed by atoms with Crippen molar-refractivity contribution < 1.29 is 9.21 Å². The second-order valence-electron chi connectivity index (χ2n) is 7.03. The van der Waals surface area contributed by atoms with Crippen molar-refractivity contribution in [3.05, 3.63) is 66.5 Å². The lowest BCUT2D eigenvalue weighted by atomic mass is 10.1. The van der Waals surface area contributed by atoms with Crippen molar-refractivity contribution in [2.24, 2.45) is 0 Å². The van der Waals surface area contributed by atoms with E-state index < -0.39 is 0 Å². The average Bonchev–Trinajstić information content (AvgIpc) is 3.46. The first-order chi connectivity index (χ1) is 14.7. The van der Waals surface area contributed by atoms with Crippen molar-refractivity contribution in [2.75, 3.05) is 18.4 Å². The van der Waals surface area contributed by atoms with E-state index in [1.165, 1.54) is 6.26 Å². The molecule has 8 heteroatoms. The van der Waals surface area contributed by atoms with Crippen LogP contribution in [0.1, 0.15) is 42.6 Å². The molecule has 0 aliphatic heterocycles. The molecular formula is C22H24N6O2. The molecule has 0 saturated carbocycles. The SMILES string of the molecule is CC[C@@H](C)c1nc(NCCNC(=O)c2ccco2)c2cnn(-c3ccccc3)c2n1. The number of para-hydroxylation sites is 1. The number of aromatic nitrogens is 4. The van der Waals surface area contributed by atoms with Gasteiger partial charge in [0.15, 0.2) is 11.4 Å². The fourth-order valence-corrected chi connectivity index (χ4v) is 3.07. The molecule has 1 amide bonds. The minimum Gasteiger partial charge on any atom is -0.459 e. The number of amides is 1. The van der Waals surface area contributed by atoms with Gasteiger partial charge in [0.1, 0.15) is 11.6 Å². The molecule has 0 aliphatic rings. The highest BCUT2D eigenvalue weighted by molar-refractivity contribution is 5.91. The number of hydrogen-bond donors (Lipinski definition) is 2. The van der Waals surface area contributed by atoms with Crippen molar-refractivity contribution in [2.45, 2.75) is 26.2 Å². The third-order valence-electron chi connectivity index (χ3n) is 4.95. The molecule has 3 heterocycles. The van der Waals surface area contributed by atoms with E-state index in [-0.39, 0.29) is 11.8 Å². The number of carbonyl (C=O) groups is 1. The highest BCUT2D eigenvalue weighted by Gasteiger charge is 2.17. The molecule has 0 saturated heterocycles. The molecule has 0 spiro atoms. The maximum atomic E-state index is 12.0. The Balaban J connectivity index is 1.57. The molecule has 1 aromatic carbocycles. The second kappa shape index (κ2) is 8.77. The van der Waals surface area contributed by atoms with Crippen molar-refractivity contribution >= 4 is 22.8 Å². The zero-order chi connectivity index (χ0) is 20.9. The van der Waals surface area contributed by atoms with Crippen LogP contribution in [0.25, 0.3) is 16.7 Å². The summed E-state index contributed by atoms with van der Waals surface area (Å²) in [6.45, 7) is 5.16. The lowest BCUT2D eigenvalue weighted by Gasteiger charge is -2.13. The standard InChI is InChI=1S/C22H24N6O2/c1-3-15(2)19-26-20(23-11-12-24-22(29)18-10-7-13-30-18)17-14-25-28(21(17)27-19)16-8-5-4-6-9-16/h4-10,13-15H,3,11-12H2,1-2H3,(H,24,29)(H,23,26,27)/t15-/m1/s1. The van der Waals surface area contributed by atoms with E-state index in [0.29, 0.717) is 24.7 Å². The zero-order valence-electron chi connectivity index (χ0n) is 17.0. The van der Waals surface area contributed by atoms with Crippen LogP contribution in [0.5, 0.6) is 0 Å². The fraction of sp³-hybridized carbons (Fsp3) is 0.273. The minimum atomic E-state index is -0.244. The lowest BCUT2D eigenvalue weighted by molar-refractivity contribution is 0.0927. The maximum absolute atomic E-state index is 12.0. The number of rotatable bonds is 8. The first-order valence-electron chi connectivity index (χ1n) is 10.0. The van der Waals surface area contributed by atoms with E-state index in [0.717, 1.165) is 29.0 Å². The van der Waals surface area contributed by atoms with E-state index in [4.69, 9.17) is 14.4 Å². The number of carbonyl (C=O) groups excluding carboxylic acids is 1. The Hall–Kier alpha value is -3.68. The summed E-state index contributed by atoms with van der Waals surface area (Å²) >= 11 is 0. The molecule has 4 aromatic rings. The largest absolute Gasteiger partial charge is 0.459 e. The molecule has 3 aromatic heterocycles. The van der Waals surface area contributed by atoms with Crippen molar-refractivity contribution in [1.29, 1.82) is 0 Å². The number of benzene rings is 1. The monoisotopic (exact) mass is 404 g/mol. The molecule has 0 radical (unpaired) electrons. The first kappa shape index (κ1) is 19.6. The van der Waals surface area contributed by atoms with Crippen LogP contribution in [0.3, 0.4) is 0 Å². The van der Waals surface area contributed by atoms with Gasteiger partial charge in [0, 0.05) is 19.0 Å². The van der Waals surface area contributed by atoms with Gasteiger partial charge in [0.2, 0.25) is 0 Å². The number of furan rings is 1. The van der Waals surface area contributed by atoms with Crippen LogP contribution in [-0.4, -0.2) is 38.7 Å². The summed E-state index contributed by atoms with van der Waals surface area (Å²) in [4.78, 5) is 21.5. The molecule has 2 N–H and O–H groups in total. The van der Waals surface area contributed by atoms with E-state index in [2.05, 4.69) is 29.6 Å². The van der Waals surface area contributed by atoms with Crippen LogP contribution in [-0.2, 0) is 0 Å². The van der Waals surface area contributed by atoms with E-state index in [1.54, 1.807) is 18.3 Å². The first-order valence-corrected chi connectivity index (χ1v) is 10.0. The fourth-order valence-electron chi connectivity index (χ4n) is 3.07. The normalized spacial score (nSPS) is 12.1. The van der Waals surface area contributed by atoms with Crippen LogP contribution in [0.2, 0.25) is 0 Å². The van der Waals surface area contributed by atoms with Crippen molar-refractivity contribution in [1.82, 2.24) is 25.1 Å². The molecule has 0 bridgehead atoms. The van der Waals surface area contributed by atoms with Gasteiger partial charge in [-0.05, 0) is 30.7 Å². The average molecular weight is 404 g/mol. The zero-order valence-corrected chi connectivity index (χ0v) is 17.0. The summed E-state index contributed by atoms with van der Waals surface area (Å²) < 4.78 is 6.93. The van der Waals surface area contributed by atoms with Gasteiger partial charge >= 0.3 is 0 Å². The number of nitrogens with one attached hydrogen (secondary N) is 2. The van der Waals surface area contributed by atoms with Gasteiger partial charge < -0.3 is 15.1 Å². The highest BCUT2D eigenvalue weighted by atomic mass is 16.3. The third-order valence-corrected chi connectivity index (χ3v) is 4.95. The Morgan fingerprint density at radius 3 is 2.70 bits per heavy atom. The predicted octanol–water partition coefficient (Wildman–Crippen LogP) is 3.76. The van der Waals surface area contributed by atoms with Gasteiger partial charge in [0.25, 0.3) is 5.91 Å². The van der Waals surface area contributed by atoms with E-state index >= 15 is 0 Å². The minimum absolute atomic E-state index is 0.215. The Morgan fingerprint density at radius 2 is 1.97 bits per heavy atom. The highest BCUT2D eigenvalue weighted by Crippen LogP contribution is 2.26. The molecular weight excluding hydrogens is 380 g/mol. The third kappa shape index (κ3) is 4.03. The molecule has 0 unspecified atom stereocenters.